The third kappa shape index (κ3) is 3.46. The molecule has 0 amide bonds. The Hall–Kier alpha value is -0.670. The number of hydrogen-bond acceptors (Lipinski definition) is 1. The van der Waals surface area contributed by atoms with Gasteiger partial charge in [-0.05, 0) is 30.3 Å². The Morgan fingerprint density at radius 3 is 2.32 bits per heavy atom. The number of rotatable bonds is 3. The second kappa shape index (κ2) is 6.19. The molecular weight excluding hydrogens is 331 g/mol. The van der Waals surface area contributed by atoms with Gasteiger partial charge in [-0.2, -0.15) is 0 Å². The van der Waals surface area contributed by atoms with Crippen LogP contribution in [0.4, 0.5) is 10.1 Å². The second-order valence-electron chi connectivity index (χ2n) is 3.80. The van der Waals surface area contributed by atoms with Crippen LogP contribution in [0.1, 0.15) is 5.56 Å². The summed E-state index contributed by atoms with van der Waals surface area (Å²) in [6.45, 7) is 0.261. The van der Waals surface area contributed by atoms with Gasteiger partial charge in [0.25, 0.3) is 0 Å². The highest BCUT2D eigenvalue weighted by Gasteiger charge is 2.10. The minimum Gasteiger partial charge on any atom is -0.378 e. The molecule has 1 N–H and O–H groups in total. The predicted octanol–water partition coefficient (Wildman–Crippen LogP) is 6.05. The summed E-state index contributed by atoms with van der Waals surface area (Å²) in [6, 6.07) is 7.62. The van der Waals surface area contributed by atoms with Gasteiger partial charge in [-0.25, -0.2) is 4.39 Å². The molecule has 0 aliphatic carbocycles. The van der Waals surface area contributed by atoms with Gasteiger partial charge in [-0.15, -0.1) is 0 Å². The molecule has 0 heterocycles. The molecule has 0 fully saturated rings. The topological polar surface area (TPSA) is 12.0 Å². The number of benzene rings is 2. The molecule has 0 saturated carbocycles. The lowest BCUT2D eigenvalue weighted by molar-refractivity contribution is 0.630. The van der Waals surface area contributed by atoms with E-state index in [2.05, 4.69) is 5.32 Å². The van der Waals surface area contributed by atoms with Crippen molar-refractivity contribution < 1.29 is 4.39 Å². The SMILES string of the molecule is Fc1cc(Cl)ccc1NCc1c(Cl)ccc(Cl)c1Cl. The maximum atomic E-state index is 13.6. The summed E-state index contributed by atoms with van der Waals surface area (Å²) in [6.07, 6.45) is 0. The highest BCUT2D eigenvalue weighted by molar-refractivity contribution is 6.44. The maximum Gasteiger partial charge on any atom is 0.147 e. The molecule has 0 aromatic heterocycles. The average molecular weight is 339 g/mol. The number of nitrogens with one attached hydrogen (secondary N) is 1. The highest BCUT2D eigenvalue weighted by Crippen LogP contribution is 2.32. The van der Waals surface area contributed by atoms with Crippen LogP contribution >= 0.6 is 46.4 Å². The number of halogens is 5. The van der Waals surface area contributed by atoms with Crippen LogP contribution in [-0.4, -0.2) is 0 Å². The highest BCUT2D eigenvalue weighted by atomic mass is 35.5. The predicted molar refractivity (Wildman–Crippen MR) is 80.2 cm³/mol. The van der Waals surface area contributed by atoms with E-state index in [1.165, 1.54) is 6.07 Å². The van der Waals surface area contributed by atoms with E-state index in [0.717, 1.165) is 0 Å². The lowest BCUT2D eigenvalue weighted by Gasteiger charge is -2.11. The van der Waals surface area contributed by atoms with Gasteiger partial charge in [-0.3, -0.25) is 0 Å². The van der Waals surface area contributed by atoms with Crippen molar-refractivity contribution in [2.24, 2.45) is 0 Å². The fraction of sp³-hybridized carbons (Fsp3) is 0.0769. The van der Waals surface area contributed by atoms with Gasteiger partial charge >= 0.3 is 0 Å². The smallest absolute Gasteiger partial charge is 0.147 e. The largest absolute Gasteiger partial charge is 0.378 e. The Balaban J connectivity index is 2.21. The van der Waals surface area contributed by atoms with Gasteiger partial charge < -0.3 is 5.32 Å². The van der Waals surface area contributed by atoms with Gasteiger partial charge in [0.2, 0.25) is 0 Å². The van der Waals surface area contributed by atoms with E-state index in [4.69, 9.17) is 46.4 Å². The van der Waals surface area contributed by atoms with Gasteiger partial charge in [-0.1, -0.05) is 46.4 Å². The standard InChI is InChI=1S/C13H8Cl4FN/c14-7-1-4-12(11(18)5-7)19-6-8-9(15)2-3-10(16)13(8)17/h1-5,19H,6H2. The van der Waals surface area contributed by atoms with E-state index >= 15 is 0 Å². The molecule has 0 atom stereocenters. The molecule has 2 aromatic rings. The summed E-state index contributed by atoms with van der Waals surface area (Å²) >= 11 is 23.7. The Morgan fingerprint density at radius 2 is 1.63 bits per heavy atom. The summed E-state index contributed by atoms with van der Waals surface area (Å²) in [5, 5.41) is 4.47. The van der Waals surface area contributed by atoms with Crippen LogP contribution in [0, 0.1) is 5.82 Å². The Morgan fingerprint density at radius 1 is 0.947 bits per heavy atom. The minimum atomic E-state index is -0.443. The van der Waals surface area contributed by atoms with E-state index in [1.807, 2.05) is 0 Å². The second-order valence-corrected chi connectivity index (χ2v) is 5.43. The lowest BCUT2D eigenvalue weighted by atomic mass is 10.2. The molecule has 100 valence electrons. The van der Waals surface area contributed by atoms with Crippen LogP contribution in [0.15, 0.2) is 30.3 Å². The minimum absolute atomic E-state index is 0.261. The fourth-order valence-electron chi connectivity index (χ4n) is 1.55. The maximum absolute atomic E-state index is 13.6. The average Bonchev–Trinajstić information content (AvgIpc) is 2.36. The zero-order chi connectivity index (χ0) is 14.0. The molecule has 0 saturated heterocycles. The first-order valence-corrected chi connectivity index (χ1v) is 6.81. The van der Waals surface area contributed by atoms with Crippen molar-refractivity contribution in [2.45, 2.75) is 6.54 Å². The lowest BCUT2D eigenvalue weighted by Crippen LogP contribution is -2.03. The molecule has 0 unspecified atom stereocenters. The van der Waals surface area contributed by atoms with E-state index < -0.39 is 5.82 Å². The number of anilines is 1. The molecule has 0 radical (unpaired) electrons. The summed E-state index contributed by atoms with van der Waals surface area (Å²) in [7, 11) is 0. The summed E-state index contributed by atoms with van der Waals surface area (Å²) in [5.74, 6) is -0.443. The van der Waals surface area contributed by atoms with Crippen molar-refractivity contribution in [1.29, 1.82) is 0 Å². The molecule has 6 heteroatoms. The molecule has 0 aliphatic heterocycles. The van der Waals surface area contributed by atoms with Gasteiger partial charge in [0, 0.05) is 22.2 Å². The van der Waals surface area contributed by atoms with Crippen LogP contribution < -0.4 is 5.32 Å². The zero-order valence-electron chi connectivity index (χ0n) is 9.48. The van der Waals surface area contributed by atoms with Crippen molar-refractivity contribution in [3.05, 3.63) is 61.8 Å². The van der Waals surface area contributed by atoms with Crippen LogP contribution in [0.2, 0.25) is 20.1 Å². The van der Waals surface area contributed by atoms with Crippen molar-refractivity contribution in [2.75, 3.05) is 5.32 Å². The molecule has 0 spiro atoms. The first kappa shape index (κ1) is 14.7. The summed E-state index contributed by atoms with van der Waals surface area (Å²) in [5.41, 5.74) is 0.932. The van der Waals surface area contributed by atoms with Crippen molar-refractivity contribution >= 4 is 52.1 Å². The molecule has 2 aromatic carbocycles. The third-order valence-electron chi connectivity index (χ3n) is 2.53. The van der Waals surface area contributed by atoms with E-state index in [9.17, 15) is 4.39 Å². The quantitative estimate of drug-likeness (QED) is 0.671. The van der Waals surface area contributed by atoms with Crippen LogP contribution in [0.25, 0.3) is 0 Å². The first-order chi connectivity index (χ1) is 8.99. The van der Waals surface area contributed by atoms with E-state index in [-0.39, 0.29) is 6.54 Å². The summed E-state index contributed by atoms with van der Waals surface area (Å²) < 4.78 is 13.6. The third-order valence-corrected chi connectivity index (χ3v) is 3.96. The monoisotopic (exact) mass is 337 g/mol. The Labute approximate surface area is 130 Å². The first-order valence-electron chi connectivity index (χ1n) is 5.30. The fourth-order valence-corrected chi connectivity index (χ4v) is 2.39. The van der Waals surface area contributed by atoms with E-state index in [1.54, 1.807) is 24.3 Å². The summed E-state index contributed by atoms with van der Waals surface area (Å²) in [4.78, 5) is 0. The van der Waals surface area contributed by atoms with Crippen molar-refractivity contribution in [3.8, 4) is 0 Å². The van der Waals surface area contributed by atoms with Crippen molar-refractivity contribution in [3.63, 3.8) is 0 Å². The zero-order valence-corrected chi connectivity index (χ0v) is 12.5. The van der Waals surface area contributed by atoms with Gasteiger partial charge in [0.05, 0.1) is 15.7 Å². The van der Waals surface area contributed by atoms with Crippen LogP contribution in [-0.2, 0) is 6.54 Å². The van der Waals surface area contributed by atoms with Crippen molar-refractivity contribution in [1.82, 2.24) is 0 Å². The van der Waals surface area contributed by atoms with Gasteiger partial charge in [0.15, 0.2) is 0 Å². The van der Waals surface area contributed by atoms with Crippen LogP contribution in [0.5, 0.6) is 0 Å². The molecule has 0 bridgehead atoms. The molecule has 1 nitrogen and oxygen atoms in total. The molecule has 2 rings (SSSR count). The Bertz CT molecular complexity index is 616. The number of hydrogen-bond donors (Lipinski definition) is 1. The van der Waals surface area contributed by atoms with E-state index in [0.29, 0.717) is 31.3 Å². The van der Waals surface area contributed by atoms with Crippen LogP contribution in [0.3, 0.4) is 0 Å². The van der Waals surface area contributed by atoms with Gasteiger partial charge in [0.1, 0.15) is 5.82 Å². The molecular formula is C13H8Cl4FN. The normalized spacial score (nSPS) is 10.6. The molecule has 19 heavy (non-hydrogen) atoms. The Kier molecular flexibility index (Phi) is 4.80. The molecule has 0 aliphatic rings.